The molecule has 0 bridgehead atoms. The summed E-state index contributed by atoms with van der Waals surface area (Å²) < 4.78 is 43.5. The predicted octanol–water partition coefficient (Wildman–Crippen LogP) is 1.56. The minimum Gasteiger partial charge on any atom is -0.444 e. The maximum Gasteiger partial charge on any atom is 0.410 e. The van der Waals surface area contributed by atoms with Gasteiger partial charge in [-0.15, -0.1) is 3.89 Å². The molecule has 6 nitrogen and oxygen atoms in total. The number of amides is 1. The molecule has 0 unspecified atom stereocenters. The number of ether oxygens (including phenoxy) is 2. The van der Waals surface area contributed by atoms with E-state index in [1.807, 2.05) is 0 Å². The average molecular weight is 299 g/mol. The van der Waals surface area contributed by atoms with Gasteiger partial charge in [0, 0.05) is 26.8 Å². The Morgan fingerprint density at radius 3 is 2.26 bits per heavy atom. The van der Waals surface area contributed by atoms with Crippen molar-refractivity contribution in [1.82, 2.24) is 4.90 Å². The SMILES string of the molecule is COCCCN(CCS(=O)(=O)F)C(=O)OC(C)(C)C. The lowest BCUT2D eigenvalue weighted by Gasteiger charge is -2.27. The van der Waals surface area contributed by atoms with Crippen LogP contribution in [0.2, 0.25) is 0 Å². The molecule has 0 saturated carbocycles. The standard InChI is InChI=1S/C11H22FNO5S/c1-11(2,3)18-10(14)13(6-5-8-17-4)7-9-19(12,15)16/h5-9H2,1-4H3. The van der Waals surface area contributed by atoms with Crippen LogP contribution in [0.3, 0.4) is 0 Å². The van der Waals surface area contributed by atoms with Crippen molar-refractivity contribution in [2.45, 2.75) is 32.8 Å². The molecule has 1 amide bonds. The van der Waals surface area contributed by atoms with Crippen molar-refractivity contribution in [1.29, 1.82) is 0 Å². The van der Waals surface area contributed by atoms with Crippen LogP contribution >= 0.6 is 0 Å². The lowest BCUT2D eigenvalue weighted by Crippen LogP contribution is -2.40. The van der Waals surface area contributed by atoms with Gasteiger partial charge in [0.2, 0.25) is 0 Å². The van der Waals surface area contributed by atoms with Gasteiger partial charge in [0.05, 0.1) is 5.75 Å². The fourth-order valence-corrected chi connectivity index (χ4v) is 1.68. The summed E-state index contributed by atoms with van der Waals surface area (Å²) in [6.45, 7) is 5.52. The van der Waals surface area contributed by atoms with Crippen LogP contribution in [-0.4, -0.2) is 57.6 Å². The second-order valence-corrected chi connectivity index (χ2v) is 6.54. The maximum atomic E-state index is 12.5. The molecule has 19 heavy (non-hydrogen) atoms. The van der Waals surface area contributed by atoms with Crippen molar-refractivity contribution in [3.63, 3.8) is 0 Å². The maximum absolute atomic E-state index is 12.5. The number of hydrogen-bond donors (Lipinski definition) is 0. The Labute approximate surface area is 114 Å². The molecule has 0 radical (unpaired) electrons. The van der Waals surface area contributed by atoms with Crippen LogP contribution in [0, 0.1) is 0 Å². The van der Waals surface area contributed by atoms with Crippen molar-refractivity contribution in [2.24, 2.45) is 0 Å². The second-order valence-electron chi connectivity index (χ2n) is 5.06. The first-order valence-electron chi connectivity index (χ1n) is 5.94. The molecule has 0 aromatic heterocycles. The van der Waals surface area contributed by atoms with Gasteiger partial charge in [-0.1, -0.05) is 0 Å². The predicted molar refractivity (Wildman–Crippen MR) is 69.2 cm³/mol. The van der Waals surface area contributed by atoms with Crippen molar-refractivity contribution < 1.29 is 26.6 Å². The zero-order chi connectivity index (χ0) is 15.1. The molecule has 0 fully saturated rings. The molecule has 0 rings (SSSR count). The quantitative estimate of drug-likeness (QED) is 0.527. The van der Waals surface area contributed by atoms with Crippen LogP contribution in [0.4, 0.5) is 8.68 Å². The fraction of sp³-hybridized carbons (Fsp3) is 0.909. The highest BCUT2D eigenvalue weighted by atomic mass is 32.3. The average Bonchev–Trinajstić information content (AvgIpc) is 2.18. The van der Waals surface area contributed by atoms with Gasteiger partial charge < -0.3 is 14.4 Å². The summed E-state index contributed by atoms with van der Waals surface area (Å²) >= 11 is 0. The zero-order valence-electron chi connectivity index (χ0n) is 11.8. The molecule has 0 spiro atoms. The van der Waals surface area contributed by atoms with Gasteiger partial charge >= 0.3 is 16.3 Å². The number of rotatable bonds is 7. The molecular formula is C11H22FNO5S. The summed E-state index contributed by atoms with van der Waals surface area (Å²) in [6.07, 6.45) is -0.144. The topological polar surface area (TPSA) is 72.9 Å². The minimum atomic E-state index is -4.61. The van der Waals surface area contributed by atoms with Gasteiger partial charge in [0.25, 0.3) is 0 Å². The van der Waals surface area contributed by atoms with E-state index in [4.69, 9.17) is 9.47 Å². The molecule has 0 aromatic carbocycles. The van der Waals surface area contributed by atoms with Crippen LogP contribution in [-0.2, 0) is 19.7 Å². The van der Waals surface area contributed by atoms with Crippen LogP contribution in [0.5, 0.6) is 0 Å². The highest BCUT2D eigenvalue weighted by Crippen LogP contribution is 2.10. The Hall–Kier alpha value is -0.890. The van der Waals surface area contributed by atoms with Crippen molar-refractivity contribution >= 4 is 16.3 Å². The normalized spacial score (nSPS) is 12.3. The first-order valence-corrected chi connectivity index (χ1v) is 7.49. The Bertz CT molecular complexity index is 377. The summed E-state index contributed by atoms with van der Waals surface area (Å²) in [5, 5.41) is 0. The van der Waals surface area contributed by atoms with Crippen LogP contribution in [0.15, 0.2) is 0 Å². The lowest BCUT2D eigenvalue weighted by atomic mass is 10.2. The summed E-state index contributed by atoms with van der Waals surface area (Å²) in [7, 11) is -3.09. The molecule has 0 aliphatic carbocycles. The third kappa shape index (κ3) is 10.7. The van der Waals surface area contributed by atoms with E-state index in [1.54, 1.807) is 20.8 Å². The van der Waals surface area contributed by atoms with Gasteiger partial charge in [0.15, 0.2) is 0 Å². The number of nitrogens with zero attached hydrogens (tertiary/aromatic N) is 1. The van der Waals surface area contributed by atoms with Crippen LogP contribution in [0.1, 0.15) is 27.2 Å². The first-order chi connectivity index (χ1) is 8.55. The van der Waals surface area contributed by atoms with E-state index in [0.717, 1.165) is 0 Å². The largest absolute Gasteiger partial charge is 0.444 e. The molecule has 8 heteroatoms. The van der Waals surface area contributed by atoms with E-state index in [0.29, 0.717) is 13.0 Å². The van der Waals surface area contributed by atoms with E-state index in [9.17, 15) is 17.1 Å². The van der Waals surface area contributed by atoms with E-state index < -0.39 is 27.7 Å². The van der Waals surface area contributed by atoms with Crippen molar-refractivity contribution in [3.05, 3.63) is 0 Å². The van der Waals surface area contributed by atoms with Gasteiger partial charge in [-0.3, -0.25) is 0 Å². The monoisotopic (exact) mass is 299 g/mol. The fourth-order valence-electron chi connectivity index (χ4n) is 1.24. The highest BCUT2D eigenvalue weighted by Gasteiger charge is 2.23. The number of carbonyl (C=O) groups is 1. The Balaban J connectivity index is 4.52. The van der Waals surface area contributed by atoms with Gasteiger partial charge in [-0.05, 0) is 27.2 Å². The highest BCUT2D eigenvalue weighted by molar-refractivity contribution is 7.86. The first kappa shape index (κ1) is 18.1. The number of hydrogen-bond acceptors (Lipinski definition) is 5. The van der Waals surface area contributed by atoms with Gasteiger partial charge in [-0.25, -0.2) is 4.79 Å². The summed E-state index contributed by atoms with van der Waals surface area (Å²) in [5.74, 6) is -0.737. The molecule has 0 heterocycles. The Kier molecular flexibility index (Phi) is 7.28. The minimum absolute atomic E-state index is 0.239. The third-order valence-electron chi connectivity index (χ3n) is 2.03. The number of methoxy groups -OCH3 is 1. The second kappa shape index (κ2) is 7.64. The molecular weight excluding hydrogens is 277 g/mol. The molecule has 0 saturated heterocycles. The number of carbonyl (C=O) groups excluding carboxylic acids is 1. The van der Waals surface area contributed by atoms with Crippen LogP contribution in [0.25, 0.3) is 0 Å². The Morgan fingerprint density at radius 1 is 1.26 bits per heavy atom. The zero-order valence-corrected chi connectivity index (χ0v) is 12.6. The van der Waals surface area contributed by atoms with E-state index >= 15 is 0 Å². The number of halogens is 1. The lowest BCUT2D eigenvalue weighted by molar-refractivity contribution is 0.0247. The molecule has 0 N–H and O–H groups in total. The van der Waals surface area contributed by atoms with Crippen molar-refractivity contribution in [3.8, 4) is 0 Å². The summed E-state index contributed by atoms with van der Waals surface area (Å²) in [5.41, 5.74) is -0.689. The molecule has 0 aliphatic rings. The van der Waals surface area contributed by atoms with Crippen LogP contribution < -0.4 is 0 Å². The molecule has 114 valence electrons. The summed E-state index contributed by atoms with van der Waals surface area (Å²) in [4.78, 5) is 13.0. The molecule has 0 aromatic rings. The van der Waals surface area contributed by atoms with E-state index in [-0.39, 0.29) is 13.1 Å². The molecule has 0 aliphatic heterocycles. The van der Waals surface area contributed by atoms with Crippen molar-refractivity contribution in [2.75, 3.05) is 32.6 Å². The smallest absolute Gasteiger partial charge is 0.410 e. The van der Waals surface area contributed by atoms with Gasteiger partial charge in [-0.2, -0.15) is 8.42 Å². The van der Waals surface area contributed by atoms with E-state index in [2.05, 4.69) is 0 Å². The molecule has 0 atom stereocenters. The van der Waals surface area contributed by atoms with Gasteiger partial charge in [0.1, 0.15) is 5.60 Å². The Morgan fingerprint density at radius 2 is 1.84 bits per heavy atom. The van der Waals surface area contributed by atoms with E-state index in [1.165, 1.54) is 12.0 Å². The third-order valence-corrected chi connectivity index (χ3v) is 2.70. The summed E-state index contributed by atoms with van der Waals surface area (Å²) in [6, 6.07) is 0.